The number of hydrogen-bond donors (Lipinski definition) is 0. The van der Waals surface area contributed by atoms with Gasteiger partial charge in [0.15, 0.2) is 0 Å². The van der Waals surface area contributed by atoms with Crippen LogP contribution in [0.4, 0.5) is 5.69 Å². The van der Waals surface area contributed by atoms with E-state index < -0.39 is 9.84 Å². The number of thioether (sulfide) groups is 1. The molecule has 0 atom stereocenters. The summed E-state index contributed by atoms with van der Waals surface area (Å²) in [7, 11) is -1.66. The summed E-state index contributed by atoms with van der Waals surface area (Å²) in [6, 6.07) is 12.8. The van der Waals surface area contributed by atoms with Crippen molar-refractivity contribution in [2.45, 2.75) is 40.9 Å². The molecule has 1 saturated heterocycles. The van der Waals surface area contributed by atoms with Gasteiger partial charge in [-0.1, -0.05) is 13.3 Å². The van der Waals surface area contributed by atoms with E-state index in [0.29, 0.717) is 12.4 Å². The standard InChI is InChI=1S/C26H33N3O3S2/c1-4-5-17-32-20-7-10-22(11-8-20)34(30,31)25-19-27-24-12-9-21(33-3)18-23(24)26(25)29-14-6-13-28(2)15-16-29/h7-12,18-19H,4-6,13-17H2,1-3H3. The molecule has 0 amide bonds. The molecule has 1 aromatic heterocycles. The van der Waals surface area contributed by atoms with Crippen molar-refractivity contribution in [1.82, 2.24) is 9.88 Å². The van der Waals surface area contributed by atoms with E-state index in [1.165, 1.54) is 6.20 Å². The minimum absolute atomic E-state index is 0.255. The van der Waals surface area contributed by atoms with Crippen molar-refractivity contribution in [3.05, 3.63) is 48.7 Å². The second kappa shape index (κ2) is 11.0. The third kappa shape index (κ3) is 5.34. The average molecular weight is 500 g/mol. The molecule has 1 aliphatic rings. The Hall–Kier alpha value is -2.29. The first kappa shape index (κ1) is 24.8. The summed E-state index contributed by atoms with van der Waals surface area (Å²) < 4.78 is 33.5. The molecule has 2 heterocycles. The zero-order valence-electron chi connectivity index (χ0n) is 20.2. The van der Waals surface area contributed by atoms with Crippen molar-refractivity contribution in [2.24, 2.45) is 0 Å². The molecule has 0 bridgehead atoms. The van der Waals surface area contributed by atoms with Crippen LogP contribution in [0.3, 0.4) is 0 Å². The van der Waals surface area contributed by atoms with Crippen LogP contribution in [0.2, 0.25) is 0 Å². The van der Waals surface area contributed by atoms with E-state index in [1.807, 2.05) is 18.4 Å². The van der Waals surface area contributed by atoms with Crippen LogP contribution >= 0.6 is 11.8 Å². The van der Waals surface area contributed by atoms with Crippen LogP contribution in [0.1, 0.15) is 26.2 Å². The lowest BCUT2D eigenvalue weighted by molar-refractivity contribution is 0.309. The van der Waals surface area contributed by atoms with Crippen molar-refractivity contribution >= 4 is 38.2 Å². The van der Waals surface area contributed by atoms with Crippen LogP contribution in [-0.4, -0.2) is 64.4 Å². The van der Waals surface area contributed by atoms with Gasteiger partial charge in [0.1, 0.15) is 10.6 Å². The van der Waals surface area contributed by atoms with Crippen molar-refractivity contribution in [3.8, 4) is 5.75 Å². The lowest BCUT2D eigenvalue weighted by Gasteiger charge is -2.27. The second-order valence-corrected chi connectivity index (χ2v) is 11.5. The van der Waals surface area contributed by atoms with E-state index in [0.717, 1.165) is 66.9 Å². The molecule has 6 nitrogen and oxygen atoms in total. The summed E-state index contributed by atoms with van der Waals surface area (Å²) in [5.41, 5.74) is 1.57. The van der Waals surface area contributed by atoms with Crippen LogP contribution in [0.15, 0.2) is 63.3 Å². The number of anilines is 1. The van der Waals surface area contributed by atoms with Crippen molar-refractivity contribution in [3.63, 3.8) is 0 Å². The highest BCUT2D eigenvalue weighted by Gasteiger charge is 2.28. The van der Waals surface area contributed by atoms with E-state index in [1.54, 1.807) is 36.0 Å². The van der Waals surface area contributed by atoms with Crippen LogP contribution in [0.5, 0.6) is 5.75 Å². The number of benzene rings is 2. The molecule has 0 unspecified atom stereocenters. The highest BCUT2D eigenvalue weighted by atomic mass is 32.2. The van der Waals surface area contributed by atoms with Gasteiger partial charge in [-0.05, 0) is 75.2 Å². The van der Waals surface area contributed by atoms with E-state index in [4.69, 9.17) is 4.74 Å². The number of nitrogens with zero attached hydrogens (tertiary/aromatic N) is 3. The molecule has 34 heavy (non-hydrogen) atoms. The molecule has 0 N–H and O–H groups in total. The lowest BCUT2D eigenvalue weighted by atomic mass is 10.1. The highest BCUT2D eigenvalue weighted by Crippen LogP contribution is 2.38. The summed E-state index contributed by atoms with van der Waals surface area (Å²) >= 11 is 1.64. The average Bonchev–Trinajstić information content (AvgIpc) is 3.07. The molecule has 1 aliphatic heterocycles. The largest absolute Gasteiger partial charge is 0.494 e. The molecule has 0 spiro atoms. The van der Waals surface area contributed by atoms with Gasteiger partial charge in [-0.25, -0.2) is 8.42 Å². The molecular weight excluding hydrogens is 466 g/mol. The molecule has 8 heteroatoms. The van der Waals surface area contributed by atoms with Crippen molar-refractivity contribution in [2.75, 3.05) is 51.0 Å². The number of rotatable bonds is 8. The fourth-order valence-corrected chi connectivity index (χ4v) is 6.11. The maximum atomic E-state index is 13.9. The predicted molar refractivity (Wildman–Crippen MR) is 140 cm³/mol. The fourth-order valence-electron chi connectivity index (χ4n) is 4.24. The molecule has 0 radical (unpaired) electrons. The number of likely N-dealkylation sites (N-methyl/N-ethyl adjacent to an activating group) is 1. The SMILES string of the molecule is CCCCOc1ccc(S(=O)(=O)c2cnc3ccc(SC)cc3c2N2CCCN(C)CC2)cc1. The maximum Gasteiger partial charge on any atom is 0.210 e. The molecular formula is C26H33N3O3S2. The van der Waals surface area contributed by atoms with Gasteiger partial charge in [-0.15, -0.1) is 11.8 Å². The maximum absolute atomic E-state index is 13.9. The normalized spacial score (nSPS) is 15.4. The van der Waals surface area contributed by atoms with Gasteiger partial charge in [0.2, 0.25) is 9.84 Å². The van der Waals surface area contributed by atoms with Gasteiger partial charge < -0.3 is 14.5 Å². The topological polar surface area (TPSA) is 62.7 Å². The summed E-state index contributed by atoms with van der Waals surface area (Å²) in [4.78, 5) is 10.7. The molecule has 1 fully saturated rings. The zero-order chi connectivity index (χ0) is 24.1. The Morgan fingerprint density at radius 3 is 2.59 bits per heavy atom. The van der Waals surface area contributed by atoms with Crippen LogP contribution in [0, 0.1) is 0 Å². The molecule has 3 aromatic rings. The summed E-state index contributed by atoms with van der Waals surface area (Å²) in [6.45, 7) is 6.19. The van der Waals surface area contributed by atoms with E-state index in [9.17, 15) is 8.42 Å². The minimum Gasteiger partial charge on any atom is -0.494 e. The quantitative estimate of drug-likeness (QED) is 0.315. The number of sulfone groups is 1. The summed E-state index contributed by atoms with van der Waals surface area (Å²) in [5, 5.41) is 0.886. The number of hydrogen-bond acceptors (Lipinski definition) is 7. The number of fused-ring (bicyclic) bond motifs is 1. The van der Waals surface area contributed by atoms with Crippen LogP contribution in [0.25, 0.3) is 10.9 Å². The number of unbranched alkanes of at least 4 members (excludes halogenated alkanes) is 1. The second-order valence-electron chi connectivity index (χ2n) is 8.67. The summed E-state index contributed by atoms with van der Waals surface area (Å²) in [6.07, 6.45) is 6.56. The zero-order valence-corrected chi connectivity index (χ0v) is 21.8. The number of aromatic nitrogens is 1. The van der Waals surface area contributed by atoms with Gasteiger partial charge in [-0.2, -0.15) is 0 Å². The molecule has 0 saturated carbocycles. The molecule has 0 aliphatic carbocycles. The third-order valence-corrected chi connectivity index (χ3v) is 8.73. The summed E-state index contributed by atoms with van der Waals surface area (Å²) in [5.74, 6) is 0.685. The first-order valence-electron chi connectivity index (χ1n) is 11.8. The smallest absolute Gasteiger partial charge is 0.210 e. The van der Waals surface area contributed by atoms with E-state index in [-0.39, 0.29) is 9.79 Å². The fraction of sp³-hybridized carbons (Fsp3) is 0.423. The Labute approximate surface area is 207 Å². The lowest BCUT2D eigenvalue weighted by Crippen LogP contribution is -2.30. The van der Waals surface area contributed by atoms with Crippen LogP contribution < -0.4 is 9.64 Å². The van der Waals surface area contributed by atoms with Crippen molar-refractivity contribution < 1.29 is 13.2 Å². The van der Waals surface area contributed by atoms with Gasteiger partial charge in [0, 0.05) is 36.1 Å². The van der Waals surface area contributed by atoms with Gasteiger partial charge in [-0.3, -0.25) is 4.98 Å². The number of ether oxygens (including phenoxy) is 1. The molecule has 4 rings (SSSR count). The first-order chi connectivity index (χ1) is 16.4. The Kier molecular flexibility index (Phi) is 8.01. The Bertz CT molecular complexity index is 1230. The molecule has 2 aromatic carbocycles. The van der Waals surface area contributed by atoms with Crippen molar-refractivity contribution in [1.29, 1.82) is 0 Å². The Balaban J connectivity index is 1.80. The minimum atomic E-state index is -3.78. The highest BCUT2D eigenvalue weighted by molar-refractivity contribution is 7.98. The van der Waals surface area contributed by atoms with Crippen LogP contribution in [-0.2, 0) is 9.84 Å². The first-order valence-corrected chi connectivity index (χ1v) is 14.5. The monoisotopic (exact) mass is 499 g/mol. The van der Waals surface area contributed by atoms with Gasteiger partial charge >= 0.3 is 0 Å². The number of pyridine rings is 1. The Morgan fingerprint density at radius 2 is 1.85 bits per heavy atom. The van der Waals surface area contributed by atoms with Gasteiger partial charge in [0.05, 0.1) is 22.7 Å². The third-order valence-electron chi connectivity index (χ3n) is 6.24. The molecule has 182 valence electrons. The van der Waals surface area contributed by atoms with Gasteiger partial charge in [0.25, 0.3) is 0 Å². The van der Waals surface area contributed by atoms with E-state index in [2.05, 4.69) is 34.8 Å². The predicted octanol–water partition coefficient (Wildman–Crippen LogP) is 5.11. The van der Waals surface area contributed by atoms with E-state index >= 15 is 0 Å². The Morgan fingerprint density at radius 1 is 1.06 bits per heavy atom.